The van der Waals surface area contributed by atoms with Gasteiger partial charge in [0.25, 0.3) is 0 Å². The molecular formula is C34H44ClN3O4. The molecule has 1 spiro atoms. The molecule has 8 heteroatoms. The zero-order chi connectivity index (χ0) is 29.7. The SMILES string of the molecule is COC(=O)[C@@H]1CC2(CCN(C(=O)[C@@H](Cc3ccc(Cl)cc3)NC(=O)CCc3ccccc3CN)CC2)C2CCCCC21. The number of fused-ring (bicyclic) bond motifs is 2. The van der Waals surface area contributed by atoms with Crippen LogP contribution in [0, 0.1) is 23.2 Å². The van der Waals surface area contributed by atoms with E-state index < -0.39 is 6.04 Å². The molecule has 42 heavy (non-hydrogen) atoms. The van der Waals surface area contributed by atoms with Crippen LogP contribution in [0.4, 0.5) is 0 Å². The molecule has 1 saturated heterocycles. The van der Waals surface area contributed by atoms with Crippen LogP contribution in [0.1, 0.15) is 68.1 Å². The first kappa shape index (κ1) is 30.6. The van der Waals surface area contributed by atoms with E-state index in [4.69, 9.17) is 22.1 Å². The fraction of sp³-hybridized carbons (Fsp3) is 0.559. The zero-order valence-electron chi connectivity index (χ0n) is 24.7. The summed E-state index contributed by atoms with van der Waals surface area (Å²) >= 11 is 6.11. The lowest BCUT2D eigenvalue weighted by atomic mass is 9.65. The van der Waals surface area contributed by atoms with Crippen LogP contribution in [0.3, 0.4) is 0 Å². The Labute approximate surface area is 254 Å². The van der Waals surface area contributed by atoms with Gasteiger partial charge in [0.2, 0.25) is 11.8 Å². The molecule has 0 radical (unpaired) electrons. The van der Waals surface area contributed by atoms with Crippen LogP contribution < -0.4 is 11.1 Å². The summed E-state index contributed by atoms with van der Waals surface area (Å²) in [6, 6.07) is 14.7. The van der Waals surface area contributed by atoms with Gasteiger partial charge in [-0.05, 0) is 84.6 Å². The van der Waals surface area contributed by atoms with Crippen molar-refractivity contribution < 1.29 is 19.1 Å². The smallest absolute Gasteiger partial charge is 0.308 e. The molecule has 226 valence electrons. The van der Waals surface area contributed by atoms with Crippen molar-refractivity contribution >= 4 is 29.4 Å². The Balaban J connectivity index is 1.26. The van der Waals surface area contributed by atoms with E-state index in [-0.39, 0.29) is 35.5 Å². The van der Waals surface area contributed by atoms with Crippen molar-refractivity contribution in [3.63, 3.8) is 0 Å². The van der Waals surface area contributed by atoms with Crippen LogP contribution in [0.15, 0.2) is 48.5 Å². The largest absolute Gasteiger partial charge is 0.469 e. The molecule has 2 unspecified atom stereocenters. The highest BCUT2D eigenvalue weighted by atomic mass is 35.5. The molecule has 3 N–H and O–H groups in total. The molecule has 5 rings (SSSR count). The molecular weight excluding hydrogens is 550 g/mol. The number of halogens is 1. The fourth-order valence-electron chi connectivity index (χ4n) is 8.09. The Morgan fingerprint density at radius 3 is 2.43 bits per heavy atom. The molecule has 3 fully saturated rings. The highest BCUT2D eigenvalue weighted by molar-refractivity contribution is 6.30. The second-order valence-electron chi connectivity index (χ2n) is 12.5. The number of hydrogen-bond donors (Lipinski definition) is 2. The summed E-state index contributed by atoms with van der Waals surface area (Å²) in [5, 5.41) is 3.70. The first-order valence-corrected chi connectivity index (χ1v) is 15.9. The van der Waals surface area contributed by atoms with E-state index in [1.165, 1.54) is 20.0 Å². The van der Waals surface area contributed by atoms with Crippen molar-refractivity contribution in [2.75, 3.05) is 20.2 Å². The van der Waals surface area contributed by atoms with E-state index in [9.17, 15) is 14.4 Å². The molecule has 2 aliphatic carbocycles. The third-order valence-corrected chi connectivity index (χ3v) is 10.5. The van der Waals surface area contributed by atoms with Crippen LogP contribution in [0.25, 0.3) is 0 Å². The predicted molar refractivity (Wildman–Crippen MR) is 164 cm³/mol. The number of ether oxygens (including phenoxy) is 1. The number of piperidine rings is 1. The van der Waals surface area contributed by atoms with Crippen molar-refractivity contribution in [1.82, 2.24) is 10.2 Å². The number of nitrogens with one attached hydrogen (secondary N) is 1. The van der Waals surface area contributed by atoms with Gasteiger partial charge in [-0.1, -0.05) is 60.8 Å². The number of esters is 1. The first-order valence-electron chi connectivity index (χ1n) is 15.5. The number of nitrogens with zero attached hydrogens (tertiary/aromatic N) is 1. The van der Waals surface area contributed by atoms with Gasteiger partial charge >= 0.3 is 5.97 Å². The summed E-state index contributed by atoms with van der Waals surface area (Å²) in [5.74, 6) is 0.636. The highest BCUT2D eigenvalue weighted by Gasteiger charge is 2.56. The van der Waals surface area contributed by atoms with Crippen LogP contribution in [0.2, 0.25) is 5.02 Å². The Morgan fingerprint density at radius 2 is 1.74 bits per heavy atom. The summed E-state index contributed by atoms with van der Waals surface area (Å²) in [6.45, 7) is 1.72. The number of benzene rings is 2. The summed E-state index contributed by atoms with van der Waals surface area (Å²) in [7, 11) is 1.50. The van der Waals surface area contributed by atoms with Gasteiger partial charge in [0, 0.05) is 37.5 Å². The van der Waals surface area contributed by atoms with Crippen molar-refractivity contribution in [3.05, 3.63) is 70.2 Å². The zero-order valence-corrected chi connectivity index (χ0v) is 25.4. The number of likely N-dealkylation sites (tertiary alicyclic amines) is 1. The number of carbonyl (C=O) groups is 3. The monoisotopic (exact) mass is 593 g/mol. The molecule has 0 bridgehead atoms. The normalized spacial score (nSPS) is 23.7. The van der Waals surface area contributed by atoms with Gasteiger partial charge in [0.15, 0.2) is 0 Å². The number of methoxy groups -OCH3 is 1. The molecule has 2 amide bonds. The second kappa shape index (κ2) is 13.6. The van der Waals surface area contributed by atoms with E-state index in [1.54, 1.807) is 0 Å². The van der Waals surface area contributed by atoms with Crippen LogP contribution in [-0.4, -0.2) is 48.9 Å². The average Bonchev–Trinajstić information content (AvgIpc) is 3.34. The summed E-state index contributed by atoms with van der Waals surface area (Å²) < 4.78 is 5.21. The lowest BCUT2D eigenvalue weighted by Gasteiger charge is -2.46. The van der Waals surface area contributed by atoms with Crippen LogP contribution in [0.5, 0.6) is 0 Å². The van der Waals surface area contributed by atoms with Gasteiger partial charge in [-0.15, -0.1) is 0 Å². The van der Waals surface area contributed by atoms with E-state index >= 15 is 0 Å². The third kappa shape index (κ3) is 6.68. The van der Waals surface area contributed by atoms with E-state index in [1.807, 2.05) is 53.4 Å². The maximum Gasteiger partial charge on any atom is 0.308 e. The quantitative estimate of drug-likeness (QED) is 0.396. The maximum absolute atomic E-state index is 14.0. The molecule has 0 aromatic heterocycles. The predicted octanol–water partition coefficient (Wildman–Crippen LogP) is 5.07. The first-order chi connectivity index (χ1) is 20.3. The highest BCUT2D eigenvalue weighted by Crippen LogP contribution is 2.60. The number of amides is 2. The van der Waals surface area contributed by atoms with Gasteiger partial charge in [0.05, 0.1) is 13.0 Å². The van der Waals surface area contributed by atoms with Crippen LogP contribution >= 0.6 is 11.6 Å². The van der Waals surface area contributed by atoms with Crippen molar-refractivity contribution in [3.8, 4) is 0 Å². The molecule has 2 saturated carbocycles. The maximum atomic E-state index is 14.0. The lowest BCUT2D eigenvalue weighted by Crippen LogP contribution is -2.53. The molecule has 2 aromatic rings. The average molecular weight is 594 g/mol. The minimum Gasteiger partial charge on any atom is -0.469 e. The summed E-state index contributed by atoms with van der Waals surface area (Å²) in [5.41, 5.74) is 9.00. The topological polar surface area (TPSA) is 102 Å². The van der Waals surface area contributed by atoms with Crippen LogP contribution in [-0.2, 0) is 38.5 Å². The van der Waals surface area contributed by atoms with Gasteiger partial charge in [-0.3, -0.25) is 14.4 Å². The number of hydrogen-bond acceptors (Lipinski definition) is 5. The van der Waals surface area contributed by atoms with Gasteiger partial charge in [-0.25, -0.2) is 0 Å². The number of nitrogens with two attached hydrogens (primary N) is 1. The molecule has 3 aliphatic rings. The fourth-order valence-corrected chi connectivity index (χ4v) is 8.22. The molecule has 4 atom stereocenters. The standard InChI is InChI=1S/C34H44ClN3O4/c1-42-33(41)28-21-34(29-9-5-4-8-27(28)29)16-18-38(19-17-34)32(40)30(20-23-10-13-26(35)14-11-23)37-31(39)15-12-24-6-2-3-7-25(24)22-36/h2-3,6-7,10-11,13-14,27-30H,4-5,8-9,12,15-22,36H2,1H3,(H,37,39)/t27?,28-,29?,30-/m1/s1. The van der Waals surface area contributed by atoms with Gasteiger partial charge < -0.3 is 20.7 Å². The van der Waals surface area contributed by atoms with Gasteiger partial charge in [0.1, 0.15) is 6.04 Å². The molecule has 1 aliphatic heterocycles. The molecule has 1 heterocycles. The Morgan fingerprint density at radius 1 is 1.05 bits per heavy atom. The van der Waals surface area contributed by atoms with E-state index in [0.29, 0.717) is 49.3 Å². The van der Waals surface area contributed by atoms with E-state index in [2.05, 4.69) is 5.32 Å². The number of carbonyl (C=O) groups excluding carboxylic acids is 3. The molecule has 7 nitrogen and oxygen atoms in total. The Bertz CT molecular complexity index is 1260. The summed E-state index contributed by atoms with van der Waals surface area (Å²) in [4.78, 5) is 41.8. The number of rotatable bonds is 9. The second-order valence-corrected chi connectivity index (χ2v) is 12.9. The molecule has 2 aromatic carbocycles. The van der Waals surface area contributed by atoms with Crippen molar-refractivity contribution in [2.45, 2.75) is 76.8 Å². The van der Waals surface area contributed by atoms with E-state index in [0.717, 1.165) is 48.8 Å². The van der Waals surface area contributed by atoms with Crippen molar-refractivity contribution in [2.24, 2.45) is 28.9 Å². The lowest BCUT2D eigenvalue weighted by molar-refractivity contribution is -0.147. The third-order valence-electron chi connectivity index (χ3n) is 10.3. The Kier molecular flexibility index (Phi) is 9.89. The minimum atomic E-state index is -0.661. The number of aryl methyl sites for hydroxylation is 1. The Hall–Kier alpha value is -2.90. The summed E-state index contributed by atoms with van der Waals surface area (Å²) in [6.07, 6.45) is 8.55. The minimum absolute atomic E-state index is 0.0242. The van der Waals surface area contributed by atoms with Gasteiger partial charge in [-0.2, -0.15) is 0 Å². The van der Waals surface area contributed by atoms with Crippen molar-refractivity contribution in [1.29, 1.82) is 0 Å².